The Morgan fingerprint density at radius 2 is 2.50 bits per heavy atom. The van der Waals surface area contributed by atoms with Crippen molar-refractivity contribution in [1.82, 2.24) is 10.3 Å². The van der Waals surface area contributed by atoms with Gasteiger partial charge < -0.3 is 15.8 Å². The first-order valence-electron chi connectivity index (χ1n) is 4.58. The van der Waals surface area contributed by atoms with E-state index in [1.165, 1.54) is 0 Å². The summed E-state index contributed by atoms with van der Waals surface area (Å²) in [4.78, 5) is 4.34. The molecule has 0 aliphatic carbocycles. The third-order valence-electron chi connectivity index (χ3n) is 1.73. The average molecular weight is 215 g/mol. The summed E-state index contributed by atoms with van der Waals surface area (Å²) in [7, 11) is 1.66. The Balaban J connectivity index is 2.15. The number of thiazole rings is 1. The predicted molar refractivity (Wildman–Crippen MR) is 58.4 cm³/mol. The molecular formula is C9H17N3OS. The first-order valence-corrected chi connectivity index (χ1v) is 5.46. The lowest BCUT2D eigenvalue weighted by molar-refractivity contribution is 0.179. The van der Waals surface area contributed by atoms with Gasteiger partial charge in [-0.25, -0.2) is 4.98 Å². The van der Waals surface area contributed by atoms with Crippen LogP contribution >= 0.6 is 11.3 Å². The monoisotopic (exact) mass is 215 g/mol. The van der Waals surface area contributed by atoms with E-state index in [1.54, 1.807) is 18.4 Å². The molecule has 0 saturated heterocycles. The molecule has 14 heavy (non-hydrogen) atoms. The smallest absolute Gasteiger partial charge is 0.107 e. The van der Waals surface area contributed by atoms with E-state index in [9.17, 15) is 0 Å². The Morgan fingerprint density at radius 1 is 1.71 bits per heavy atom. The van der Waals surface area contributed by atoms with Crippen molar-refractivity contribution in [2.45, 2.75) is 19.5 Å². The van der Waals surface area contributed by atoms with Crippen LogP contribution in [0.2, 0.25) is 0 Å². The normalized spacial score (nSPS) is 13.1. The number of nitrogens with zero attached hydrogens (tertiary/aromatic N) is 1. The Labute approximate surface area is 88.5 Å². The van der Waals surface area contributed by atoms with Gasteiger partial charge in [-0.05, 0) is 6.92 Å². The lowest BCUT2D eigenvalue weighted by Gasteiger charge is -2.10. The largest absolute Gasteiger partial charge is 0.383 e. The van der Waals surface area contributed by atoms with Crippen molar-refractivity contribution in [3.05, 3.63) is 16.1 Å². The number of rotatable bonds is 6. The van der Waals surface area contributed by atoms with Crippen LogP contribution in [0.1, 0.15) is 10.7 Å². The summed E-state index contributed by atoms with van der Waals surface area (Å²) in [6.07, 6.45) is 0. The molecule has 0 aromatic carbocycles. The number of hydrogen-bond acceptors (Lipinski definition) is 5. The average Bonchev–Trinajstić information content (AvgIpc) is 2.52. The van der Waals surface area contributed by atoms with Crippen molar-refractivity contribution >= 4 is 11.3 Å². The molecule has 0 aliphatic heterocycles. The van der Waals surface area contributed by atoms with Crippen LogP contribution in [0.15, 0.2) is 5.38 Å². The van der Waals surface area contributed by atoms with E-state index < -0.39 is 0 Å². The number of hydrogen-bond donors (Lipinski definition) is 2. The molecular weight excluding hydrogens is 198 g/mol. The maximum Gasteiger partial charge on any atom is 0.107 e. The molecule has 4 nitrogen and oxygen atoms in total. The third kappa shape index (κ3) is 4.15. The molecule has 1 aromatic rings. The summed E-state index contributed by atoms with van der Waals surface area (Å²) in [6, 6.07) is 0.0565. The van der Waals surface area contributed by atoms with Crippen LogP contribution in [-0.4, -0.2) is 31.3 Å². The third-order valence-corrected chi connectivity index (χ3v) is 2.70. The number of methoxy groups -OCH3 is 1. The van der Waals surface area contributed by atoms with Crippen LogP contribution in [0.4, 0.5) is 0 Å². The van der Waals surface area contributed by atoms with E-state index in [4.69, 9.17) is 10.5 Å². The maximum absolute atomic E-state index is 5.75. The van der Waals surface area contributed by atoms with Crippen LogP contribution in [0.5, 0.6) is 0 Å². The molecule has 80 valence electrons. The van der Waals surface area contributed by atoms with E-state index in [0.29, 0.717) is 6.61 Å². The molecule has 0 bridgehead atoms. The first kappa shape index (κ1) is 11.6. The van der Waals surface area contributed by atoms with Gasteiger partial charge in [-0.1, -0.05) is 0 Å². The lowest BCUT2D eigenvalue weighted by Crippen LogP contribution is -2.36. The van der Waals surface area contributed by atoms with Gasteiger partial charge in [-0.15, -0.1) is 11.3 Å². The van der Waals surface area contributed by atoms with Crippen molar-refractivity contribution in [3.63, 3.8) is 0 Å². The van der Waals surface area contributed by atoms with Gasteiger partial charge in [0.25, 0.3) is 0 Å². The lowest BCUT2D eigenvalue weighted by atomic mass is 10.3. The fourth-order valence-electron chi connectivity index (χ4n) is 1.12. The van der Waals surface area contributed by atoms with E-state index in [0.717, 1.165) is 23.8 Å². The zero-order valence-corrected chi connectivity index (χ0v) is 9.43. The molecule has 1 atom stereocenters. The topological polar surface area (TPSA) is 60.2 Å². The van der Waals surface area contributed by atoms with E-state index in [2.05, 4.69) is 10.3 Å². The van der Waals surface area contributed by atoms with Gasteiger partial charge in [-0.3, -0.25) is 0 Å². The number of nitrogens with two attached hydrogens (primary N) is 1. The van der Waals surface area contributed by atoms with Crippen molar-refractivity contribution in [1.29, 1.82) is 0 Å². The Morgan fingerprint density at radius 3 is 3.07 bits per heavy atom. The maximum atomic E-state index is 5.75. The molecule has 1 rings (SSSR count). The van der Waals surface area contributed by atoms with Crippen LogP contribution < -0.4 is 11.1 Å². The molecule has 1 aromatic heterocycles. The van der Waals surface area contributed by atoms with Crippen molar-refractivity contribution in [3.8, 4) is 0 Å². The van der Waals surface area contributed by atoms with Crippen molar-refractivity contribution in [2.24, 2.45) is 5.73 Å². The standard InChI is InChI=1S/C9H17N3OS/c1-7-6-14-9(12-7)4-11-3-8(10)5-13-2/h6,8,11H,3-5,10H2,1-2H3. The van der Waals surface area contributed by atoms with Gasteiger partial charge in [-0.2, -0.15) is 0 Å². The van der Waals surface area contributed by atoms with Crippen LogP contribution in [0.25, 0.3) is 0 Å². The van der Waals surface area contributed by atoms with Gasteiger partial charge in [0.15, 0.2) is 0 Å². The molecule has 0 fully saturated rings. The van der Waals surface area contributed by atoms with Gasteiger partial charge in [0.2, 0.25) is 0 Å². The molecule has 0 aliphatic rings. The van der Waals surface area contributed by atoms with Crippen LogP contribution in [0, 0.1) is 6.92 Å². The number of ether oxygens (including phenoxy) is 1. The fraction of sp³-hybridized carbons (Fsp3) is 0.667. The highest BCUT2D eigenvalue weighted by Crippen LogP contribution is 2.07. The summed E-state index contributed by atoms with van der Waals surface area (Å²) in [5.41, 5.74) is 6.83. The van der Waals surface area contributed by atoms with E-state index in [-0.39, 0.29) is 6.04 Å². The predicted octanol–water partition coefficient (Wildman–Crippen LogP) is 0.515. The molecule has 0 saturated carbocycles. The van der Waals surface area contributed by atoms with E-state index >= 15 is 0 Å². The second-order valence-corrected chi connectivity index (χ2v) is 4.17. The molecule has 0 spiro atoms. The molecule has 5 heteroatoms. The summed E-state index contributed by atoms with van der Waals surface area (Å²) in [6.45, 7) is 4.13. The minimum absolute atomic E-state index is 0.0565. The first-order chi connectivity index (χ1) is 6.72. The summed E-state index contributed by atoms with van der Waals surface area (Å²) in [5.74, 6) is 0. The zero-order chi connectivity index (χ0) is 10.4. The second kappa shape index (κ2) is 6.08. The van der Waals surface area contributed by atoms with Crippen molar-refractivity contribution in [2.75, 3.05) is 20.3 Å². The molecule has 0 radical (unpaired) electrons. The van der Waals surface area contributed by atoms with Gasteiger partial charge in [0.1, 0.15) is 5.01 Å². The van der Waals surface area contributed by atoms with Crippen LogP contribution in [0.3, 0.4) is 0 Å². The summed E-state index contributed by atoms with van der Waals surface area (Å²) >= 11 is 1.67. The molecule has 1 heterocycles. The van der Waals surface area contributed by atoms with Crippen molar-refractivity contribution < 1.29 is 4.74 Å². The highest BCUT2D eigenvalue weighted by Gasteiger charge is 2.02. The highest BCUT2D eigenvalue weighted by atomic mass is 32.1. The number of nitrogens with one attached hydrogen (secondary N) is 1. The van der Waals surface area contributed by atoms with Gasteiger partial charge >= 0.3 is 0 Å². The zero-order valence-electron chi connectivity index (χ0n) is 8.62. The number of aromatic nitrogens is 1. The second-order valence-electron chi connectivity index (χ2n) is 3.23. The number of aryl methyl sites for hydroxylation is 1. The minimum Gasteiger partial charge on any atom is -0.383 e. The van der Waals surface area contributed by atoms with Gasteiger partial charge in [0.05, 0.1) is 6.61 Å². The minimum atomic E-state index is 0.0565. The van der Waals surface area contributed by atoms with Crippen LogP contribution in [-0.2, 0) is 11.3 Å². The fourth-order valence-corrected chi connectivity index (χ4v) is 1.86. The summed E-state index contributed by atoms with van der Waals surface area (Å²) < 4.78 is 4.93. The molecule has 1 unspecified atom stereocenters. The molecule has 3 N–H and O–H groups in total. The SMILES string of the molecule is COCC(N)CNCc1nc(C)cs1. The quantitative estimate of drug-likeness (QED) is 0.726. The van der Waals surface area contributed by atoms with E-state index in [1.807, 2.05) is 12.3 Å². The Bertz CT molecular complexity index is 264. The Hall–Kier alpha value is -0.490. The van der Waals surface area contributed by atoms with Gasteiger partial charge in [0, 0.05) is 37.3 Å². The summed E-state index contributed by atoms with van der Waals surface area (Å²) in [5, 5.41) is 6.39. The highest BCUT2D eigenvalue weighted by molar-refractivity contribution is 7.09. The molecule has 0 amide bonds. The Kier molecular flexibility index (Phi) is 5.03.